The van der Waals surface area contributed by atoms with Crippen molar-refractivity contribution in [3.8, 4) is 0 Å². The molecule has 0 bridgehead atoms. The number of anilines is 5. The van der Waals surface area contributed by atoms with Crippen LogP contribution in [0.1, 0.15) is 18.4 Å². The molecule has 23 heavy (non-hydrogen) atoms. The topological polar surface area (TPSA) is 106 Å². The first-order valence-corrected chi connectivity index (χ1v) is 7.64. The van der Waals surface area contributed by atoms with Crippen LogP contribution in [-0.4, -0.2) is 20.6 Å². The molecular formula is C16H19N7. The first-order valence-electron chi connectivity index (χ1n) is 7.64. The molecule has 7 nitrogen and oxygen atoms in total. The van der Waals surface area contributed by atoms with Gasteiger partial charge in [-0.2, -0.15) is 4.52 Å². The van der Waals surface area contributed by atoms with Gasteiger partial charge in [-0.05, 0) is 37.5 Å². The highest BCUT2D eigenvalue weighted by molar-refractivity contribution is 5.75. The standard InChI is InChI=1S/C16H19N7/c1-9-2-3-10(17)6-12(9)21-15-7-13(20-11-4-5-11)16-19-8-14(18)23(16)22-15/h2-3,6-8,11,20H,4-5,17-18H2,1H3,(H,21,22). The normalized spacial score (nSPS) is 14.1. The predicted octanol–water partition coefficient (Wildman–Crippen LogP) is 2.52. The summed E-state index contributed by atoms with van der Waals surface area (Å²) in [6.07, 6.45) is 3.99. The molecule has 0 aliphatic heterocycles. The van der Waals surface area contributed by atoms with Gasteiger partial charge < -0.3 is 22.1 Å². The Bertz CT molecular complexity index is 880. The number of aromatic nitrogens is 3. The second-order valence-electron chi connectivity index (χ2n) is 5.98. The lowest BCUT2D eigenvalue weighted by Crippen LogP contribution is -2.08. The van der Waals surface area contributed by atoms with E-state index in [9.17, 15) is 0 Å². The molecule has 0 unspecified atom stereocenters. The fourth-order valence-corrected chi connectivity index (χ4v) is 2.51. The molecule has 118 valence electrons. The molecule has 1 saturated carbocycles. The first-order chi connectivity index (χ1) is 11.1. The number of hydrogen-bond donors (Lipinski definition) is 4. The Labute approximate surface area is 133 Å². The van der Waals surface area contributed by atoms with Gasteiger partial charge in [0.1, 0.15) is 5.82 Å². The SMILES string of the molecule is Cc1ccc(N)cc1Nc1cc(NC2CC2)c2ncc(N)n2n1. The lowest BCUT2D eigenvalue weighted by molar-refractivity contribution is 0.948. The van der Waals surface area contributed by atoms with E-state index in [1.54, 1.807) is 10.7 Å². The monoisotopic (exact) mass is 309 g/mol. The predicted molar refractivity (Wildman–Crippen MR) is 92.9 cm³/mol. The highest BCUT2D eigenvalue weighted by Crippen LogP contribution is 2.30. The summed E-state index contributed by atoms with van der Waals surface area (Å²) >= 11 is 0. The third kappa shape index (κ3) is 2.61. The summed E-state index contributed by atoms with van der Waals surface area (Å²) < 4.78 is 1.65. The molecule has 2 heterocycles. The maximum atomic E-state index is 5.97. The van der Waals surface area contributed by atoms with E-state index in [0.717, 1.165) is 22.6 Å². The van der Waals surface area contributed by atoms with Crippen LogP contribution in [0.15, 0.2) is 30.5 Å². The van der Waals surface area contributed by atoms with E-state index in [1.165, 1.54) is 12.8 Å². The van der Waals surface area contributed by atoms with E-state index in [4.69, 9.17) is 11.5 Å². The Morgan fingerprint density at radius 2 is 2.00 bits per heavy atom. The van der Waals surface area contributed by atoms with Crippen molar-refractivity contribution in [3.63, 3.8) is 0 Å². The lowest BCUT2D eigenvalue weighted by Gasteiger charge is -2.13. The Kier molecular flexibility index (Phi) is 3.00. The molecule has 0 atom stereocenters. The Morgan fingerprint density at radius 1 is 1.17 bits per heavy atom. The van der Waals surface area contributed by atoms with Crippen LogP contribution in [0.2, 0.25) is 0 Å². The lowest BCUT2D eigenvalue weighted by atomic mass is 10.2. The van der Waals surface area contributed by atoms with Crippen molar-refractivity contribution < 1.29 is 0 Å². The molecule has 1 fully saturated rings. The van der Waals surface area contributed by atoms with Crippen LogP contribution in [0.4, 0.5) is 28.7 Å². The average molecular weight is 309 g/mol. The van der Waals surface area contributed by atoms with Crippen LogP contribution < -0.4 is 22.1 Å². The van der Waals surface area contributed by atoms with Gasteiger partial charge in [-0.1, -0.05) is 6.07 Å². The Morgan fingerprint density at radius 3 is 2.78 bits per heavy atom. The van der Waals surface area contributed by atoms with Gasteiger partial charge in [-0.25, -0.2) is 4.98 Å². The van der Waals surface area contributed by atoms with Gasteiger partial charge in [0.05, 0.1) is 11.9 Å². The smallest absolute Gasteiger partial charge is 0.179 e. The average Bonchev–Trinajstić information content (AvgIpc) is 3.26. The van der Waals surface area contributed by atoms with Crippen LogP contribution in [-0.2, 0) is 0 Å². The van der Waals surface area contributed by atoms with Crippen LogP contribution in [0, 0.1) is 6.92 Å². The van der Waals surface area contributed by atoms with Crippen LogP contribution in [0.25, 0.3) is 5.65 Å². The van der Waals surface area contributed by atoms with Gasteiger partial charge >= 0.3 is 0 Å². The molecule has 6 N–H and O–H groups in total. The molecule has 0 amide bonds. The second kappa shape index (κ2) is 5.05. The first kappa shape index (κ1) is 13.7. The Hall–Kier alpha value is -2.96. The number of fused-ring (bicyclic) bond motifs is 1. The molecule has 3 aromatic rings. The van der Waals surface area contributed by atoms with Crippen molar-refractivity contribution in [3.05, 3.63) is 36.0 Å². The fourth-order valence-electron chi connectivity index (χ4n) is 2.51. The number of nitrogens with zero attached hydrogens (tertiary/aromatic N) is 3. The molecule has 0 saturated heterocycles. The van der Waals surface area contributed by atoms with Gasteiger partial charge in [0.2, 0.25) is 0 Å². The van der Waals surface area contributed by atoms with E-state index in [2.05, 4.69) is 20.7 Å². The summed E-state index contributed by atoms with van der Waals surface area (Å²) in [7, 11) is 0. The summed E-state index contributed by atoms with van der Waals surface area (Å²) in [4.78, 5) is 4.34. The number of imidazole rings is 1. The number of aryl methyl sites for hydroxylation is 1. The van der Waals surface area contributed by atoms with E-state index < -0.39 is 0 Å². The van der Waals surface area contributed by atoms with Gasteiger partial charge in [-0.15, -0.1) is 5.10 Å². The van der Waals surface area contributed by atoms with E-state index in [0.29, 0.717) is 23.4 Å². The molecule has 1 aliphatic carbocycles. The van der Waals surface area contributed by atoms with Gasteiger partial charge in [-0.3, -0.25) is 0 Å². The van der Waals surface area contributed by atoms with Crippen molar-refractivity contribution >= 4 is 34.3 Å². The third-order valence-corrected chi connectivity index (χ3v) is 3.96. The van der Waals surface area contributed by atoms with Crippen molar-refractivity contribution in [1.29, 1.82) is 0 Å². The van der Waals surface area contributed by atoms with Crippen LogP contribution in [0.5, 0.6) is 0 Å². The molecule has 2 aromatic heterocycles. The number of nitrogens with one attached hydrogen (secondary N) is 2. The molecular weight excluding hydrogens is 290 g/mol. The summed E-state index contributed by atoms with van der Waals surface area (Å²) in [6.45, 7) is 2.02. The zero-order valence-corrected chi connectivity index (χ0v) is 12.9. The highest BCUT2D eigenvalue weighted by atomic mass is 15.3. The number of nitrogen functional groups attached to an aromatic ring is 2. The molecule has 4 rings (SSSR count). The van der Waals surface area contributed by atoms with Crippen LogP contribution in [0.3, 0.4) is 0 Å². The maximum Gasteiger partial charge on any atom is 0.179 e. The molecule has 0 spiro atoms. The van der Waals surface area contributed by atoms with Crippen molar-refractivity contribution in [2.24, 2.45) is 0 Å². The second-order valence-corrected chi connectivity index (χ2v) is 5.98. The number of benzene rings is 1. The maximum absolute atomic E-state index is 5.97. The summed E-state index contributed by atoms with van der Waals surface area (Å²) in [5, 5.41) is 11.3. The number of rotatable bonds is 4. The summed E-state index contributed by atoms with van der Waals surface area (Å²) in [5.41, 5.74) is 16.2. The largest absolute Gasteiger partial charge is 0.399 e. The minimum Gasteiger partial charge on any atom is -0.399 e. The highest BCUT2D eigenvalue weighted by Gasteiger charge is 2.23. The molecule has 0 radical (unpaired) electrons. The zero-order chi connectivity index (χ0) is 16.0. The summed E-state index contributed by atoms with van der Waals surface area (Å²) in [5.74, 6) is 1.20. The minimum atomic E-state index is 0.506. The Balaban J connectivity index is 1.76. The third-order valence-electron chi connectivity index (χ3n) is 3.96. The van der Waals surface area contributed by atoms with Gasteiger partial charge in [0, 0.05) is 23.5 Å². The van der Waals surface area contributed by atoms with E-state index in [1.807, 2.05) is 31.2 Å². The molecule has 7 heteroatoms. The number of nitrogens with two attached hydrogens (primary N) is 2. The fraction of sp³-hybridized carbons (Fsp3) is 0.250. The van der Waals surface area contributed by atoms with E-state index >= 15 is 0 Å². The molecule has 1 aromatic carbocycles. The quantitative estimate of drug-likeness (QED) is 0.552. The van der Waals surface area contributed by atoms with Gasteiger partial charge in [0.25, 0.3) is 0 Å². The minimum absolute atomic E-state index is 0.506. The molecule has 1 aliphatic rings. The van der Waals surface area contributed by atoms with Crippen molar-refractivity contribution in [1.82, 2.24) is 14.6 Å². The number of hydrogen-bond acceptors (Lipinski definition) is 6. The van der Waals surface area contributed by atoms with Crippen molar-refractivity contribution in [2.45, 2.75) is 25.8 Å². The van der Waals surface area contributed by atoms with Crippen molar-refractivity contribution in [2.75, 3.05) is 22.1 Å². The summed E-state index contributed by atoms with van der Waals surface area (Å²) in [6, 6.07) is 8.23. The van der Waals surface area contributed by atoms with Crippen LogP contribution >= 0.6 is 0 Å². The van der Waals surface area contributed by atoms with E-state index in [-0.39, 0.29) is 0 Å². The zero-order valence-electron chi connectivity index (χ0n) is 12.9. The van der Waals surface area contributed by atoms with Gasteiger partial charge in [0.15, 0.2) is 11.5 Å².